The van der Waals surface area contributed by atoms with Crippen molar-refractivity contribution in [1.29, 1.82) is 0 Å². The van der Waals surface area contributed by atoms with Crippen molar-refractivity contribution in [3.8, 4) is 0 Å². The smallest absolute Gasteiger partial charge is 0.326 e. The standard InChI is InChI=1S/C26H39N7O6/c1-14(2)22(33-23(35)17(28)8-5-6-10-27)25(37)31-19(12-21(29)34)24(36)32-20(26(38)39)11-15-13-30-18-9-4-3-7-16(15)18/h3-4,7,9,13-14,17,19-20,22,30H,5-6,8,10-12,27-28H2,1-2H3,(H2,29,34)(H,31,37)(H,32,36)(H,33,35)(H,38,39). The minimum Gasteiger partial charge on any atom is -0.480 e. The van der Waals surface area contributed by atoms with Gasteiger partial charge in [-0.05, 0) is 36.9 Å². The molecule has 0 radical (unpaired) electrons. The molecule has 2 rings (SSSR count). The molecule has 0 bridgehead atoms. The van der Waals surface area contributed by atoms with Crippen molar-refractivity contribution in [2.45, 2.75) is 70.1 Å². The molecule has 1 heterocycles. The van der Waals surface area contributed by atoms with Gasteiger partial charge in [-0.15, -0.1) is 0 Å². The average Bonchev–Trinajstić information content (AvgIpc) is 3.28. The van der Waals surface area contributed by atoms with E-state index in [1.54, 1.807) is 20.0 Å². The Morgan fingerprint density at radius 1 is 0.949 bits per heavy atom. The number of nitrogens with one attached hydrogen (secondary N) is 4. The average molecular weight is 546 g/mol. The van der Waals surface area contributed by atoms with Gasteiger partial charge < -0.3 is 43.2 Å². The molecule has 2 aromatic rings. The Balaban J connectivity index is 2.13. The van der Waals surface area contributed by atoms with Gasteiger partial charge in [-0.3, -0.25) is 19.2 Å². The Kier molecular flexibility index (Phi) is 11.9. The van der Waals surface area contributed by atoms with Gasteiger partial charge in [-0.1, -0.05) is 38.5 Å². The van der Waals surface area contributed by atoms with Crippen molar-refractivity contribution in [2.75, 3.05) is 6.54 Å². The zero-order valence-electron chi connectivity index (χ0n) is 22.2. The Hall–Kier alpha value is -3.97. The number of hydrogen-bond donors (Lipinski definition) is 8. The van der Waals surface area contributed by atoms with E-state index in [0.717, 1.165) is 10.9 Å². The van der Waals surface area contributed by atoms with Crippen LogP contribution in [0.15, 0.2) is 30.5 Å². The van der Waals surface area contributed by atoms with Gasteiger partial charge in [0.15, 0.2) is 0 Å². The number of benzene rings is 1. The van der Waals surface area contributed by atoms with Crippen LogP contribution in [0.3, 0.4) is 0 Å². The SMILES string of the molecule is CC(C)C(NC(=O)C(N)CCCCN)C(=O)NC(CC(N)=O)C(=O)NC(Cc1c[nH]c2ccccc12)C(=O)O. The molecule has 4 amide bonds. The van der Waals surface area contributed by atoms with E-state index in [9.17, 15) is 29.1 Å². The number of carbonyl (C=O) groups excluding carboxylic acids is 4. The quantitative estimate of drug-likeness (QED) is 0.124. The second-order valence-electron chi connectivity index (χ2n) is 9.82. The molecule has 1 aromatic carbocycles. The van der Waals surface area contributed by atoms with Crippen LogP contribution in [-0.4, -0.2) is 70.4 Å². The van der Waals surface area contributed by atoms with Gasteiger partial charge in [0.2, 0.25) is 23.6 Å². The molecule has 1 aromatic heterocycles. The molecule has 39 heavy (non-hydrogen) atoms. The number of carboxylic acids is 1. The number of H-pyrrole nitrogens is 1. The predicted molar refractivity (Wildman–Crippen MR) is 145 cm³/mol. The fourth-order valence-electron chi connectivity index (χ4n) is 4.10. The number of primary amides is 1. The van der Waals surface area contributed by atoms with Crippen LogP contribution >= 0.6 is 0 Å². The molecular weight excluding hydrogens is 506 g/mol. The lowest BCUT2D eigenvalue weighted by molar-refractivity contribution is -0.142. The van der Waals surface area contributed by atoms with E-state index in [1.807, 2.05) is 24.3 Å². The summed E-state index contributed by atoms with van der Waals surface area (Å²) in [6, 6.07) is 2.57. The third kappa shape index (κ3) is 9.37. The van der Waals surface area contributed by atoms with Crippen LogP contribution in [0.4, 0.5) is 0 Å². The number of carbonyl (C=O) groups is 5. The maximum absolute atomic E-state index is 13.1. The van der Waals surface area contributed by atoms with Crippen LogP contribution in [0.5, 0.6) is 0 Å². The summed E-state index contributed by atoms with van der Waals surface area (Å²) in [6.45, 7) is 3.85. The number of amides is 4. The minimum atomic E-state index is -1.46. The molecule has 0 saturated carbocycles. The first kappa shape index (κ1) is 31.2. The van der Waals surface area contributed by atoms with Gasteiger partial charge in [-0.25, -0.2) is 4.79 Å². The molecule has 11 N–H and O–H groups in total. The first-order chi connectivity index (χ1) is 18.4. The number of rotatable bonds is 16. The summed E-state index contributed by atoms with van der Waals surface area (Å²) in [5.74, 6) is -4.75. The van der Waals surface area contributed by atoms with Gasteiger partial charge in [0.1, 0.15) is 18.1 Å². The van der Waals surface area contributed by atoms with Crippen molar-refractivity contribution in [1.82, 2.24) is 20.9 Å². The highest BCUT2D eigenvalue weighted by molar-refractivity contribution is 5.96. The second kappa shape index (κ2) is 14.8. The number of para-hydroxylation sites is 1. The van der Waals surface area contributed by atoms with Crippen molar-refractivity contribution >= 4 is 40.5 Å². The van der Waals surface area contributed by atoms with Crippen LogP contribution in [0.2, 0.25) is 0 Å². The highest BCUT2D eigenvalue weighted by atomic mass is 16.4. The highest BCUT2D eigenvalue weighted by Gasteiger charge is 2.32. The number of hydrogen-bond acceptors (Lipinski definition) is 7. The van der Waals surface area contributed by atoms with E-state index in [4.69, 9.17) is 17.2 Å². The number of aromatic nitrogens is 1. The lowest BCUT2D eigenvalue weighted by atomic mass is 10.0. The number of aromatic amines is 1. The second-order valence-corrected chi connectivity index (χ2v) is 9.82. The van der Waals surface area contributed by atoms with E-state index in [-0.39, 0.29) is 6.42 Å². The first-order valence-corrected chi connectivity index (χ1v) is 12.9. The van der Waals surface area contributed by atoms with Crippen LogP contribution in [0.25, 0.3) is 10.9 Å². The number of carboxylic acid groups (broad SMARTS) is 1. The van der Waals surface area contributed by atoms with Crippen molar-refractivity contribution < 1.29 is 29.1 Å². The van der Waals surface area contributed by atoms with Gasteiger partial charge in [0.05, 0.1) is 12.5 Å². The van der Waals surface area contributed by atoms with E-state index < -0.39 is 66.1 Å². The summed E-state index contributed by atoms with van der Waals surface area (Å²) in [6.07, 6.45) is 2.77. The van der Waals surface area contributed by atoms with Crippen LogP contribution in [-0.2, 0) is 30.4 Å². The van der Waals surface area contributed by atoms with Gasteiger partial charge >= 0.3 is 5.97 Å². The predicted octanol–water partition coefficient (Wildman–Crippen LogP) is -0.763. The third-order valence-corrected chi connectivity index (χ3v) is 6.30. The van der Waals surface area contributed by atoms with E-state index >= 15 is 0 Å². The third-order valence-electron chi connectivity index (χ3n) is 6.30. The zero-order chi connectivity index (χ0) is 29.1. The number of fused-ring (bicyclic) bond motifs is 1. The van der Waals surface area contributed by atoms with Crippen LogP contribution in [0, 0.1) is 5.92 Å². The fourth-order valence-corrected chi connectivity index (χ4v) is 4.10. The summed E-state index contributed by atoms with van der Waals surface area (Å²) in [5, 5.41) is 18.0. The zero-order valence-corrected chi connectivity index (χ0v) is 22.2. The Morgan fingerprint density at radius 2 is 1.62 bits per heavy atom. The van der Waals surface area contributed by atoms with Gasteiger partial charge in [0.25, 0.3) is 0 Å². The van der Waals surface area contributed by atoms with Crippen molar-refractivity contribution in [3.05, 3.63) is 36.0 Å². The summed E-state index contributed by atoms with van der Waals surface area (Å²) < 4.78 is 0. The maximum atomic E-state index is 13.1. The Labute approximate surface area is 226 Å². The normalized spacial score (nSPS) is 14.3. The summed E-state index contributed by atoms with van der Waals surface area (Å²) in [7, 11) is 0. The molecule has 0 aliphatic rings. The summed E-state index contributed by atoms with van der Waals surface area (Å²) in [4.78, 5) is 65.4. The van der Waals surface area contributed by atoms with Gasteiger partial charge in [0, 0.05) is 23.5 Å². The largest absolute Gasteiger partial charge is 0.480 e. The lowest BCUT2D eigenvalue weighted by Gasteiger charge is -2.26. The summed E-state index contributed by atoms with van der Waals surface area (Å²) >= 11 is 0. The molecular formula is C26H39N7O6. The number of aliphatic carboxylic acids is 1. The summed E-state index contributed by atoms with van der Waals surface area (Å²) in [5.41, 5.74) is 18.2. The van der Waals surface area contributed by atoms with Gasteiger partial charge in [-0.2, -0.15) is 0 Å². The molecule has 13 heteroatoms. The first-order valence-electron chi connectivity index (χ1n) is 12.9. The van der Waals surface area contributed by atoms with Crippen molar-refractivity contribution in [2.24, 2.45) is 23.1 Å². The topological polar surface area (TPSA) is 236 Å². The number of unbranched alkanes of at least 4 members (excludes halogenated alkanes) is 1. The molecule has 214 valence electrons. The molecule has 4 atom stereocenters. The number of nitrogens with two attached hydrogens (primary N) is 3. The fraction of sp³-hybridized carbons (Fsp3) is 0.500. The molecule has 0 saturated heterocycles. The van der Waals surface area contributed by atoms with E-state index in [0.29, 0.717) is 31.4 Å². The molecule has 0 spiro atoms. The van der Waals surface area contributed by atoms with E-state index in [1.165, 1.54) is 0 Å². The monoisotopic (exact) mass is 545 g/mol. The van der Waals surface area contributed by atoms with Crippen LogP contribution < -0.4 is 33.2 Å². The highest BCUT2D eigenvalue weighted by Crippen LogP contribution is 2.19. The Bertz CT molecular complexity index is 1160. The molecule has 0 aliphatic heterocycles. The molecule has 0 aliphatic carbocycles. The van der Waals surface area contributed by atoms with E-state index in [2.05, 4.69) is 20.9 Å². The van der Waals surface area contributed by atoms with Crippen molar-refractivity contribution in [3.63, 3.8) is 0 Å². The Morgan fingerprint density at radius 3 is 2.23 bits per heavy atom. The molecule has 4 unspecified atom stereocenters. The molecule has 13 nitrogen and oxygen atoms in total. The minimum absolute atomic E-state index is 0.0466. The molecule has 0 fully saturated rings. The lowest BCUT2D eigenvalue weighted by Crippen LogP contribution is -2.59. The van der Waals surface area contributed by atoms with Crippen LogP contribution in [0.1, 0.15) is 45.1 Å². The maximum Gasteiger partial charge on any atom is 0.326 e.